The second kappa shape index (κ2) is 7.56. The van der Waals surface area contributed by atoms with Gasteiger partial charge in [0.05, 0.1) is 29.0 Å². The van der Waals surface area contributed by atoms with Crippen LogP contribution in [-0.2, 0) is 37.8 Å². The van der Waals surface area contributed by atoms with E-state index in [0.29, 0.717) is 23.4 Å². The van der Waals surface area contributed by atoms with Crippen molar-refractivity contribution in [3.63, 3.8) is 0 Å². The second-order valence-corrected chi connectivity index (χ2v) is 8.10. The van der Waals surface area contributed by atoms with Crippen LogP contribution in [0.3, 0.4) is 0 Å². The van der Waals surface area contributed by atoms with Gasteiger partial charge in [0.25, 0.3) is 5.56 Å². The largest absolute Gasteiger partial charge is 0.481 e. The highest BCUT2D eigenvalue weighted by Crippen LogP contribution is 2.40. The van der Waals surface area contributed by atoms with Gasteiger partial charge in [0.1, 0.15) is 6.61 Å². The molecule has 1 atom stereocenters. The Balaban J connectivity index is 1.64. The molecule has 32 heavy (non-hydrogen) atoms. The van der Waals surface area contributed by atoms with Crippen LogP contribution in [0.4, 0.5) is 0 Å². The lowest BCUT2D eigenvalue weighted by Gasteiger charge is -2.36. The number of aromatic nitrogens is 2. The maximum absolute atomic E-state index is 13.4. The maximum Gasteiger partial charge on any atom is 0.343 e. The van der Waals surface area contributed by atoms with Crippen LogP contribution in [0.1, 0.15) is 42.9 Å². The Morgan fingerprint density at radius 1 is 1.28 bits per heavy atom. The minimum atomic E-state index is -1.44. The summed E-state index contributed by atoms with van der Waals surface area (Å²) in [6.07, 6.45) is 0.436. The number of rotatable bonds is 6. The molecule has 8 heteroatoms. The zero-order chi connectivity index (χ0) is 22.5. The Morgan fingerprint density at radius 3 is 2.88 bits per heavy atom. The van der Waals surface area contributed by atoms with Gasteiger partial charge in [-0.25, -0.2) is 9.78 Å². The molecule has 2 aromatic heterocycles. The van der Waals surface area contributed by atoms with Crippen LogP contribution < -0.4 is 5.56 Å². The van der Waals surface area contributed by atoms with Crippen LogP contribution in [0.5, 0.6) is 0 Å². The summed E-state index contributed by atoms with van der Waals surface area (Å²) < 4.78 is 13.0. The molecule has 0 radical (unpaired) electrons. The first-order valence-electron chi connectivity index (χ1n) is 10.6. The molecule has 0 saturated carbocycles. The normalized spacial score (nSPS) is 18.7. The number of ether oxygens (including phenoxy) is 2. The average Bonchev–Trinajstić information content (AvgIpc) is 3.14. The molecule has 4 heterocycles. The van der Waals surface area contributed by atoms with Crippen LogP contribution in [-0.4, -0.2) is 33.2 Å². The maximum atomic E-state index is 13.4. The summed E-state index contributed by atoms with van der Waals surface area (Å²) >= 11 is 0. The van der Waals surface area contributed by atoms with E-state index in [0.717, 1.165) is 22.2 Å². The molecular formula is C24H22N2O6. The highest BCUT2D eigenvalue weighted by molar-refractivity contribution is 5.86. The number of carboxylic acids is 1. The van der Waals surface area contributed by atoms with Gasteiger partial charge in [0.2, 0.25) is 0 Å². The molecule has 0 unspecified atom stereocenters. The number of hydrogen-bond donors (Lipinski definition) is 1. The number of cyclic esters (lactones) is 1. The van der Waals surface area contributed by atoms with Gasteiger partial charge in [-0.1, -0.05) is 25.1 Å². The fourth-order valence-electron chi connectivity index (χ4n) is 4.62. The Kier molecular flexibility index (Phi) is 4.82. The van der Waals surface area contributed by atoms with E-state index in [2.05, 4.69) is 0 Å². The summed E-state index contributed by atoms with van der Waals surface area (Å²) in [6.45, 7) is 2.14. The molecule has 2 aliphatic heterocycles. The molecule has 0 aliphatic carbocycles. The lowest BCUT2D eigenvalue weighted by atomic mass is 9.85. The molecule has 2 aliphatic rings. The summed E-state index contributed by atoms with van der Waals surface area (Å²) in [5.41, 5.74) is 2.36. The zero-order valence-corrected chi connectivity index (χ0v) is 17.6. The molecule has 3 aromatic rings. The van der Waals surface area contributed by atoms with E-state index in [4.69, 9.17) is 19.6 Å². The number of fused-ring (bicyclic) bond motifs is 5. The van der Waals surface area contributed by atoms with Gasteiger partial charge < -0.3 is 19.1 Å². The molecule has 5 rings (SSSR count). The topological polar surface area (TPSA) is 108 Å². The third kappa shape index (κ3) is 3.02. The van der Waals surface area contributed by atoms with Crippen LogP contribution >= 0.6 is 0 Å². The fraction of sp³-hybridized carbons (Fsp3) is 0.333. The predicted octanol–water partition coefficient (Wildman–Crippen LogP) is 2.97. The third-order valence-electron chi connectivity index (χ3n) is 6.27. The number of carbonyl (C=O) groups is 2. The van der Waals surface area contributed by atoms with E-state index < -0.39 is 17.5 Å². The van der Waals surface area contributed by atoms with E-state index in [1.54, 1.807) is 11.5 Å². The van der Waals surface area contributed by atoms with E-state index in [1.165, 1.54) is 0 Å². The van der Waals surface area contributed by atoms with Crippen LogP contribution in [0, 0.1) is 0 Å². The SMILES string of the molecule is CC[C@@]1(OCCCC(=O)O)C(=O)OCc2c1cc1n(c2=O)Cc2cc3ccccc3nc2-1. The zero-order valence-electron chi connectivity index (χ0n) is 17.6. The van der Waals surface area contributed by atoms with E-state index in [-0.39, 0.29) is 38.0 Å². The fourth-order valence-corrected chi connectivity index (χ4v) is 4.62. The van der Waals surface area contributed by atoms with Crippen LogP contribution in [0.2, 0.25) is 0 Å². The monoisotopic (exact) mass is 434 g/mol. The van der Waals surface area contributed by atoms with Crippen molar-refractivity contribution in [2.45, 2.75) is 44.9 Å². The van der Waals surface area contributed by atoms with Crippen molar-refractivity contribution in [1.29, 1.82) is 0 Å². The molecule has 1 N–H and O–H groups in total. The van der Waals surface area contributed by atoms with Crippen molar-refractivity contribution in [3.8, 4) is 11.4 Å². The lowest BCUT2D eigenvalue weighted by molar-refractivity contribution is -0.181. The van der Waals surface area contributed by atoms with Gasteiger partial charge in [-0.15, -0.1) is 0 Å². The molecule has 0 amide bonds. The molecule has 0 spiro atoms. The predicted molar refractivity (Wildman–Crippen MR) is 115 cm³/mol. The van der Waals surface area contributed by atoms with Gasteiger partial charge >= 0.3 is 11.9 Å². The highest BCUT2D eigenvalue weighted by Gasteiger charge is 2.48. The first-order chi connectivity index (χ1) is 15.4. The van der Waals surface area contributed by atoms with Gasteiger partial charge in [-0.2, -0.15) is 0 Å². The smallest absolute Gasteiger partial charge is 0.343 e. The lowest BCUT2D eigenvalue weighted by Crippen LogP contribution is -2.46. The summed E-state index contributed by atoms with van der Waals surface area (Å²) in [6, 6.07) is 11.6. The Labute approximate surface area is 183 Å². The van der Waals surface area contributed by atoms with Crippen molar-refractivity contribution >= 4 is 22.8 Å². The molecule has 1 aromatic carbocycles. The Bertz CT molecular complexity index is 1330. The minimum Gasteiger partial charge on any atom is -0.481 e. The molecule has 0 fully saturated rings. The van der Waals surface area contributed by atoms with Crippen molar-refractivity contribution in [1.82, 2.24) is 9.55 Å². The van der Waals surface area contributed by atoms with Gasteiger partial charge in [-0.05, 0) is 31.0 Å². The first kappa shape index (κ1) is 20.4. The second-order valence-electron chi connectivity index (χ2n) is 8.10. The van der Waals surface area contributed by atoms with Crippen molar-refractivity contribution in [2.24, 2.45) is 0 Å². The summed E-state index contributed by atoms with van der Waals surface area (Å²) in [4.78, 5) is 41.9. The Morgan fingerprint density at radius 2 is 2.09 bits per heavy atom. The first-order valence-corrected chi connectivity index (χ1v) is 10.6. The quantitative estimate of drug-likeness (QED) is 0.367. The Hall–Kier alpha value is -3.52. The van der Waals surface area contributed by atoms with Gasteiger partial charge in [-0.3, -0.25) is 9.59 Å². The average molecular weight is 434 g/mol. The van der Waals surface area contributed by atoms with Crippen LogP contribution in [0.15, 0.2) is 41.2 Å². The number of nitrogens with zero attached hydrogens (tertiary/aromatic N) is 2. The number of pyridine rings is 2. The summed E-state index contributed by atoms with van der Waals surface area (Å²) in [7, 11) is 0. The number of carbonyl (C=O) groups excluding carboxylic acids is 1. The minimum absolute atomic E-state index is 0.0621. The van der Waals surface area contributed by atoms with Crippen LogP contribution in [0.25, 0.3) is 22.3 Å². The summed E-state index contributed by atoms with van der Waals surface area (Å²) in [5, 5.41) is 9.89. The number of aliphatic carboxylic acids is 1. The highest BCUT2D eigenvalue weighted by atomic mass is 16.6. The van der Waals surface area contributed by atoms with Gasteiger partial charge in [0.15, 0.2) is 5.60 Å². The molecular weight excluding hydrogens is 412 g/mol. The van der Waals surface area contributed by atoms with Crippen molar-refractivity contribution < 1.29 is 24.2 Å². The van der Waals surface area contributed by atoms with E-state index in [1.807, 2.05) is 36.4 Å². The van der Waals surface area contributed by atoms with Crippen molar-refractivity contribution in [2.75, 3.05) is 6.61 Å². The number of esters is 1. The standard InChI is InChI=1S/C24H22N2O6/c1-2-24(32-9-5-8-20(27)28)17-11-19-21-15(10-14-6-3-4-7-18(14)25-21)12-26(19)22(29)16(17)13-31-23(24)30/h3-4,6-7,10-11H,2,5,8-9,12-13H2,1H3,(H,27,28)/t24-/m0/s1. The van der Waals surface area contributed by atoms with E-state index in [9.17, 15) is 14.4 Å². The number of para-hydroxylation sites is 1. The van der Waals surface area contributed by atoms with Crippen molar-refractivity contribution in [3.05, 3.63) is 63.4 Å². The number of carboxylic acid groups (broad SMARTS) is 1. The number of hydrogen-bond acceptors (Lipinski definition) is 6. The molecule has 0 saturated heterocycles. The molecule has 164 valence electrons. The molecule has 8 nitrogen and oxygen atoms in total. The third-order valence-corrected chi connectivity index (χ3v) is 6.27. The van der Waals surface area contributed by atoms with Gasteiger partial charge in [0, 0.05) is 29.5 Å². The number of benzene rings is 1. The molecule has 0 bridgehead atoms. The van der Waals surface area contributed by atoms with E-state index >= 15 is 0 Å². The summed E-state index contributed by atoms with van der Waals surface area (Å²) in [5.74, 6) is -1.49.